The average molecular weight is 461 g/mol. The minimum absolute atomic E-state index is 0.0299. The Morgan fingerprint density at radius 1 is 0.848 bits per heavy atom. The highest BCUT2D eigenvalue weighted by Crippen LogP contribution is 2.19. The number of amides is 2. The summed E-state index contributed by atoms with van der Waals surface area (Å²) in [6.45, 7) is 4.58. The first kappa shape index (κ1) is 24.6. The summed E-state index contributed by atoms with van der Waals surface area (Å²) in [6.07, 6.45) is 0.473. The van der Waals surface area contributed by atoms with Crippen molar-refractivity contribution in [2.75, 3.05) is 12.8 Å². The van der Waals surface area contributed by atoms with Crippen molar-refractivity contribution in [3.8, 4) is 0 Å². The molecule has 33 heavy (non-hydrogen) atoms. The molecule has 0 heterocycles. The molecular weight excluding hydrogens is 428 g/mol. The van der Waals surface area contributed by atoms with Gasteiger partial charge in [-0.3, -0.25) is 9.59 Å². The van der Waals surface area contributed by atoms with E-state index >= 15 is 0 Å². The zero-order valence-electron chi connectivity index (χ0n) is 19.6. The number of hydrogen-bond acceptors (Lipinski definition) is 3. The van der Waals surface area contributed by atoms with E-state index in [-0.39, 0.29) is 11.8 Å². The van der Waals surface area contributed by atoms with E-state index in [0.717, 1.165) is 16.9 Å². The Hall–Kier alpha value is -3.05. The van der Waals surface area contributed by atoms with Gasteiger partial charge in [0.2, 0.25) is 11.8 Å². The lowest BCUT2D eigenvalue weighted by atomic mass is 10.0. The fourth-order valence-corrected chi connectivity index (χ4v) is 4.84. The van der Waals surface area contributed by atoms with Gasteiger partial charge in [-0.25, -0.2) is 0 Å². The fraction of sp³-hybridized carbons (Fsp3) is 0.286. The van der Waals surface area contributed by atoms with Crippen LogP contribution >= 0.6 is 11.8 Å². The summed E-state index contributed by atoms with van der Waals surface area (Å²) in [7, 11) is 1.63. The number of nitrogens with one attached hydrogen (secondary N) is 1. The predicted molar refractivity (Wildman–Crippen MR) is 137 cm³/mol. The number of thioether (sulfide) groups is 1. The molecule has 0 aliphatic rings. The highest BCUT2D eigenvalue weighted by molar-refractivity contribution is 7.99. The SMILES string of the molecule is CNC(=O)C(Cc1ccccc1)N(Cc1ccccc1)C(=O)CSCc1cc(C)cc(C)c1. The van der Waals surface area contributed by atoms with E-state index in [1.165, 1.54) is 16.7 Å². The number of carbonyl (C=O) groups excluding carboxylic acids is 2. The van der Waals surface area contributed by atoms with Crippen molar-refractivity contribution in [3.63, 3.8) is 0 Å². The highest BCUT2D eigenvalue weighted by atomic mass is 32.2. The van der Waals surface area contributed by atoms with Crippen molar-refractivity contribution >= 4 is 23.6 Å². The quantitative estimate of drug-likeness (QED) is 0.467. The highest BCUT2D eigenvalue weighted by Gasteiger charge is 2.29. The van der Waals surface area contributed by atoms with Crippen molar-refractivity contribution in [2.24, 2.45) is 0 Å². The predicted octanol–water partition coefficient (Wildman–Crippen LogP) is 4.92. The summed E-state index contributed by atoms with van der Waals surface area (Å²) < 4.78 is 0. The third kappa shape index (κ3) is 7.50. The van der Waals surface area contributed by atoms with Crippen LogP contribution < -0.4 is 5.32 Å². The van der Waals surface area contributed by atoms with Gasteiger partial charge in [-0.15, -0.1) is 11.8 Å². The molecule has 1 atom stereocenters. The molecule has 0 saturated heterocycles. The molecule has 0 aromatic heterocycles. The Bertz CT molecular complexity index is 1030. The molecule has 0 fully saturated rings. The summed E-state index contributed by atoms with van der Waals surface area (Å²) in [6, 6.07) is 25.6. The Labute approximate surface area is 201 Å². The van der Waals surface area contributed by atoms with Crippen LogP contribution in [0.4, 0.5) is 0 Å². The van der Waals surface area contributed by atoms with Gasteiger partial charge in [0.15, 0.2) is 0 Å². The minimum Gasteiger partial charge on any atom is -0.357 e. The van der Waals surface area contributed by atoms with E-state index in [9.17, 15) is 9.59 Å². The van der Waals surface area contributed by atoms with Gasteiger partial charge < -0.3 is 10.2 Å². The zero-order valence-corrected chi connectivity index (χ0v) is 20.4. The lowest BCUT2D eigenvalue weighted by Crippen LogP contribution is -2.50. The number of nitrogens with zero attached hydrogens (tertiary/aromatic N) is 1. The third-order valence-corrected chi connectivity index (χ3v) is 6.48. The molecule has 172 valence electrons. The lowest BCUT2D eigenvalue weighted by molar-refractivity contribution is -0.139. The summed E-state index contributed by atoms with van der Waals surface area (Å²) >= 11 is 1.59. The normalized spacial score (nSPS) is 11.6. The van der Waals surface area contributed by atoms with Gasteiger partial charge in [-0.1, -0.05) is 90.0 Å². The van der Waals surface area contributed by atoms with E-state index in [1.807, 2.05) is 60.7 Å². The molecule has 3 rings (SSSR count). The second-order valence-corrected chi connectivity index (χ2v) is 9.30. The van der Waals surface area contributed by atoms with E-state index < -0.39 is 6.04 Å². The number of likely N-dealkylation sites (N-methyl/N-ethyl adjacent to an activating group) is 1. The van der Waals surface area contributed by atoms with Crippen molar-refractivity contribution in [1.29, 1.82) is 0 Å². The first-order valence-electron chi connectivity index (χ1n) is 11.2. The smallest absolute Gasteiger partial charge is 0.242 e. The van der Waals surface area contributed by atoms with Gasteiger partial charge in [0.25, 0.3) is 0 Å². The molecular formula is C28H32N2O2S. The van der Waals surface area contributed by atoms with E-state index in [2.05, 4.69) is 37.4 Å². The topological polar surface area (TPSA) is 49.4 Å². The molecule has 0 saturated carbocycles. The Kier molecular flexibility index (Phi) is 9.14. The van der Waals surface area contributed by atoms with Gasteiger partial charge in [-0.05, 0) is 30.5 Å². The number of benzene rings is 3. The standard InChI is InChI=1S/C28H32N2O2S/c1-21-14-22(2)16-25(15-21)19-33-20-27(31)30(18-24-12-8-5-9-13-24)26(28(32)29-3)17-23-10-6-4-7-11-23/h4-16,26H,17-20H2,1-3H3,(H,29,32). The van der Waals surface area contributed by atoms with Gasteiger partial charge in [0.1, 0.15) is 6.04 Å². The van der Waals surface area contributed by atoms with Crippen molar-refractivity contribution in [1.82, 2.24) is 10.2 Å². The molecule has 0 aliphatic heterocycles. The maximum atomic E-state index is 13.4. The second-order valence-electron chi connectivity index (χ2n) is 8.32. The largest absolute Gasteiger partial charge is 0.357 e. The molecule has 0 aliphatic carbocycles. The van der Waals surface area contributed by atoms with Crippen molar-refractivity contribution in [3.05, 3.63) is 107 Å². The van der Waals surface area contributed by atoms with Gasteiger partial charge >= 0.3 is 0 Å². The van der Waals surface area contributed by atoms with E-state index in [4.69, 9.17) is 0 Å². The summed E-state index contributed by atoms with van der Waals surface area (Å²) in [4.78, 5) is 28.1. The number of rotatable bonds is 10. The van der Waals surface area contributed by atoms with E-state index in [0.29, 0.717) is 18.7 Å². The number of aryl methyl sites for hydroxylation is 2. The summed E-state index contributed by atoms with van der Waals surface area (Å²) in [5, 5.41) is 2.76. The monoisotopic (exact) mass is 460 g/mol. The average Bonchev–Trinajstić information content (AvgIpc) is 2.81. The van der Waals surface area contributed by atoms with Crippen LogP contribution in [0.1, 0.15) is 27.8 Å². The van der Waals surface area contributed by atoms with Crippen LogP contribution in [-0.4, -0.2) is 35.6 Å². The zero-order chi connectivity index (χ0) is 23.6. The minimum atomic E-state index is -0.577. The first-order chi connectivity index (χ1) is 16.0. The summed E-state index contributed by atoms with van der Waals surface area (Å²) in [5.41, 5.74) is 5.70. The molecule has 3 aromatic carbocycles. The van der Waals surface area contributed by atoms with Crippen LogP contribution in [0.5, 0.6) is 0 Å². The van der Waals surface area contributed by atoms with Crippen LogP contribution in [0.25, 0.3) is 0 Å². The second kappa shape index (κ2) is 12.3. The molecule has 1 unspecified atom stereocenters. The van der Waals surface area contributed by atoms with Crippen LogP contribution in [0.3, 0.4) is 0 Å². The Balaban J connectivity index is 1.78. The number of carbonyl (C=O) groups is 2. The molecule has 3 aromatic rings. The molecule has 0 bridgehead atoms. The lowest BCUT2D eigenvalue weighted by Gasteiger charge is -2.31. The maximum absolute atomic E-state index is 13.4. The number of hydrogen-bond donors (Lipinski definition) is 1. The van der Waals surface area contributed by atoms with Crippen molar-refractivity contribution in [2.45, 2.75) is 38.6 Å². The van der Waals surface area contributed by atoms with Gasteiger partial charge in [-0.2, -0.15) is 0 Å². The maximum Gasteiger partial charge on any atom is 0.242 e. The van der Waals surface area contributed by atoms with Gasteiger partial charge in [0, 0.05) is 25.8 Å². The fourth-order valence-electron chi connectivity index (χ4n) is 3.99. The Morgan fingerprint density at radius 2 is 1.42 bits per heavy atom. The molecule has 5 heteroatoms. The van der Waals surface area contributed by atoms with Crippen LogP contribution in [-0.2, 0) is 28.3 Å². The van der Waals surface area contributed by atoms with Crippen LogP contribution in [0, 0.1) is 13.8 Å². The van der Waals surface area contributed by atoms with Crippen molar-refractivity contribution < 1.29 is 9.59 Å². The first-order valence-corrected chi connectivity index (χ1v) is 12.4. The molecule has 0 spiro atoms. The summed E-state index contributed by atoms with van der Waals surface area (Å²) in [5.74, 6) is 0.902. The molecule has 0 radical (unpaired) electrons. The molecule has 4 nitrogen and oxygen atoms in total. The molecule has 2 amide bonds. The van der Waals surface area contributed by atoms with Crippen LogP contribution in [0.15, 0.2) is 78.9 Å². The Morgan fingerprint density at radius 3 is 2.00 bits per heavy atom. The van der Waals surface area contributed by atoms with Gasteiger partial charge in [0.05, 0.1) is 5.75 Å². The molecule has 1 N–H and O–H groups in total. The van der Waals surface area contributed by atoms with E-state index in [1.54, 1.807) is 23.7 Å². The third-order valence-electron chi connectivity index (χ3n) is 5.49. The van der Waals surface area contributed by atoms with Crippen LogP contribution in [0.2, 0.25) is 0 Å².